The van der Waals surface area contributed by atoms with Crippen molar-refractivity contribution in [3.63, 3.8) is 0 Å². The number of hydrogen-bond donors (Lipinski definition) is 1. The van der Waals surface area contributed by atoms with Gasteiger partial charge < -0.3 is 19.4 Å². The van der Waals surface area contributed by atoms with Crippen LogP contribution in [0, 0.1) is 0 Å². The van der Waals surface area contributed by atoms with Crippen LogP contribution in [0.15, 0.2) is 59.2 Å². The van der Waals surface area contributed by atoms with E-state index in [4.69, 9.17) is 20.8 Å². The fourth-order valence-electron chi connectivity index (χ4n) is 3.15. The van der Waals surface area contributed by atoms with Gasteiger partial charge in [0.15, 0.2) is 0 Å². The molecule has 1 amide bonds. The SMILES string of the molecule is O=C(Cc1coc(-c2ccccc2)n1)Nc1cc(Cl)ccc1N1CCOCC1. The number of anilines is 2. The molecule has 0 aliphatic carbocycles. The molecule has 0 atom stereocenters. The van der Waals surface area contributed by atoms with Crippen molar-refractivity contribution in [3.8, 4) is 11.5 Å². The summed E-state index contributed by atoms with van der Waals surface area (Å²) in [5.41, 5.74) is 3.07. The summed E-state index contributed by atoms with van der Waals surface area (Å²) in [5.74, 6) is 0.324. The van der Waals surface area contributed by atoms with Crippen LogP contribution >= 0.6 is 11.6 Å². The molecule has 0 saturated carbocycles. The van der Waals surface area contributed by atoms with E-state index in [1.54, 1.807) is 6.07 Å². The maximum atomic E-state index is 12.6. The van der Waals surface area contributed by atoms with Gasteiger partial charge >= 0.3 is 0 Å². The van der Waals surface area contributed by atoms with E-state index in [-0.39, 0.29) is 12.3 Å². The first-order valence-corrected chi connectivity index (χ1v) is 9.49. The van der Waals surface area contributed by atoms with Crippen LogP contribution in [-0.2, 0) is 16.0 Å². The summed E-state index contributed by atoms with van der Waals surface area (Å²) in [7, 11) is 0. The lowest BCUT2D eigenvalue weighted by atomic mass is 10.2. The number of amides is 1. The van der Waals surface area contributed by atoms with Crippen LogP contribution in [0.25, 0.3) is 11.5 Å². The van der Waals surface area contributed by atoms with Gasteiger partial charge in [0.2, 0.25) is 11.8 Å². The molecular weight excluding hydrogens is 378 g/mol. The standard InChI is InChI=1S/C21H20ClN3O3/c22-16-6-7-19(25-8-10-27-11-9-25)18(12-16)24-20(26)13-17-14-28-21(23-17)15-4-2-1-3-5-15/h1-7,12,14H,8-11,13H2,(H,24,26). The summed E-state index contributed by atoms with van der Waals surface area (Å²) < 4.78 is 10.9. The second-order valence-electron chi connectivity index (χ2n) is 6.50. The monoisotopic (exact) mass is 397 g/mol. The van der Waals surface area contributed by atoms with E-state index in [0.717, 1.165) is 24.3 Å². The average molecular weight is 398 g/mol. The van der Waals surface area contributed by atoms with Gasteiger partial charge in [0.25, 0.3) is 0 Å². The molecule has 0 radical (unpaired) electrons. The van der Waals surface area contributed by atoms with Crippen LogP contribution < -0.4 is 10.2 Å². The van der Waals surface area contributed by atoms with E-state index >= 15 is 0 Å². The Bertz CT molecular complexity index is 953. The molecule has 28 heavy (non-hydrogen) atoms. The van der Waals surface area contributed by atoms with E-state index < -0.39 is 0 Å². The number of oxazole rings is 1. The van der Waals surface area contributed by atoms with Gasteiger partial charge in [-0.1, -0.05) is 29.8 Å². The van der Waals surface area contributed by atoms with Crippen molar-refractivity contribution in [2.24, 2.45) is 0 Å². The van der Waals surface area contributed by atoms with Gasteiger partial charge in [-0.2, -0.15) is 0 Å². The number of carbonyl (C=O) groups is 1. The number of carbonyl (C=O) groups excluding carboxylic acids is 1. The molecule has 1 N–H and O–H groups in total. The molecule has 1 saturated heterocycles. The largest absolute Gasteiger partial charge is 0.444 e. The Morgan fingerprint density at radius 3 is 2.71 bits per heavy atom. The minimum absolute atomic E-state index is 0.116. The first-order valence-electron chi connectivity index (χ1n) is 9.11. The van der Waals surface area contributed by atoms with E-state index in [2.05, 4.69) is 15.2 Å². The highest BCUT2D eigenvalue weighted by molar-refractivity contribution is 6.31. The van der Waals surface area contributed by atoms with Gasteiger partial charge in [0.1, 0.15) is 6.26 Å². The summed E-state index contributed by atoms with van der Waals surface area (Å²) >= 11 is 6.15. The maximum absolute atomic E-state index is 12.6. The first-order chi connectivity index (χ1) is 13.7. The highest BCUT2D eigenvalue weighted by atomic mass is 35.5. The van der Waals surface area contributed by atoms with Crippen LogP contribution in [0.3, 0.4) is 0 Å². The summed E-state index contributed by atoms with van der Waals surface area (Å²) in [4.78, 5) is 19.2. The van der Waals surface area contributed by atoms with E-state index in [1.807, 2.05) is 42.5 Å². The molecule has 0 bridgehead atoms. The smallest absolute Gasteiger partial charge is 0.230 e. The number of hydrogen-bond acceptors (Lipinski definition) is 5. The number of morpholine rings is 1. The quantitative estimate of drug-likeness (QED) is 0.704. The molecule has 7 heteroatoms. The summed E-state index contributed by atoms with van der Waals surface area (Å²) in [6, 6.07) is 15.1. The van der Waals surface area contributed by atoms with Gasteiger partial charge in [0, 0.05) is 23.7 Å². The Morgan fingerprint density at radius 1 is 1.14 bits per heavy atom. The Hall–Kier alpha value is -2.83. The summed E-state index contributed by atoms with van der Waals surface area (Å²) in [5, 5.41) is 3.53. The normalized spacial score (nSPS) is 14.1. The Kier molecular flexibility index (Phi) is 5.60. The van der Waals surface area contributed by atoms with Gasteiger partial charge in [0.05, 0.1) is 36.7 Å². The Balaban J connectivity index is 1.47. The van der Waals surface area contributed by atoms with Crippen LogP contribution in [0.5, 0.6) is 0 Å². The Morgan fingerprint density at radius 2 is 1.93 bits per heavy atom. The predicted octanol–water partition coefficient (Wildman–Crippen LogP) is 4.01. The molecule has 1 aliphatic heterocycles. The van der Waals surface area contributed by atoms with Crippen molar-refractivity contribution in [3.05, 3.63) is 65.5 Å². The lowest BCUT2D eigenvalue weighted by Crippen LogP contribution is -2.36. The molecule has 1 aromatic heterocycles. The fraction of sp³-hybridized carbons (Fsp3) is 0.238. The van der Waals surface area contributed by atoms with Crippen LogP contribution in [0.4, 0.5) is 11.4 Å². The zero-order chi connectivity index (χ0) is 19.3. The first kappa shape index (κ1) is 18.5. The van der Waals surface area contributed by atoms with Crippen molar-refractivity contribution < 1.29 is 13.9 Å². The molecule has 6 nitrogen and oxygen atoms in total. The second-order valence-corrected chi connectivity index (χ2v) is 6.93. The number of benzene rings is 2. The molecule has 0 unspecified atom stereocenters. The third-order valence-corrected chi connectivity index (χ3v) is 4.73. The van der Waals surface area contributed by atoms with Crippen LogP contribution in [0.1, 0.15) is 5.69 Å². The lowest BCUT2D eigenvalue weighted by molar-refractivity contribution is -0.115. The van der Waals surface area contributed by atoms with Crippen molar-refractivity contribution in [1.29, 1.82) is 0 Å². The number of nitrogens with one attached hydrogen (secondary N) is 1. The Labute approximate surface area is 168 Å². The topological polar surface area (TPSA) is 67.6 Å². The number of ether oxygens (including phenoxy) is 1. The molecule has 1 aliphatic rings. The molecule has 1 fully saturated rings. The minimum atomic E-state index is -0.176. The minimum Gasteiger partial charge on any atom is -0.444 e. The molecule has 2 aromatic carbocycles. The van der Waals surface area contributed by atoms with Gasteiger partial charge in [-0.15, -0.1) is 0 Å². The molecule has 144 valence electrons. The van der Waals surface area contributed by atoms with Gasteiger partial charge in [-0.25, -0.2) is 4.98 Å². The predicted molar refractivity (Wildman–Crippen MR) is 109 cm³/mol. The van der Waals surface area contributed by atoms with E-state index in [9.17, 15) is 4.79 Å². The number of aromatic nitrogens is 1. The van der Waals surface area contributed by atoms with Gasteiger partial charge in [-0.3, -0.25) is 4.79 Å². The van der Waals surface area contributed by atoms with Gasteiger partial charge in [-0.05, 0) is 30.3 Å². The third kappa shape index (κ3) is 4.35. The van der Waals surface area contributed by atoms with Crippen LogP contribution in [-0.4, -0.2) is 37.2 Å². The van der Waals surface area contributed by atoms with E-state index in [0.29, 0.717) is 35.5 Å². The second kappa shape index (κ2) is 8.46. The van der Waals surface area contributed by atoms with E-state index in [1.165, 1.54) is 6.26 Å². The maximum Gasteiger partial charge on any atom is 0.230 e. The van der Waals surface area contributed by atoms with Crippen molar-refractivity contribution in [2.75, 3.05) is 36.5 Å². The zero-order valence-corrected chi connectivity index (χ0v) is 16.0. The highest BCUT2D eigenvalue weighted by Crippen LogP contribution is 2.30. The van der Waals surface area contributed by atoms with Crippen molar-refractivity contribution in [1.82, 2.24) is 4.98 Å². The lowest BCUT2D eigenvalue weighted by Gasteiger charge is -2.30. The molecule has 0 spiro atoms. The average Bonchev–Trinajstić information content (AvgIpc) is 3.18. The van der Waals surface area contributed by atoms with Crippen LogP contribution in [0.2, 0.25) is 5.02 Å². The number of rotatable bonds is 5. The number of halogens is 1. The number of nitrogens with zero attached hydrogens (tertiary/aromatic N) is 2. The molecule has 2 heterocycles. The van der Waals surface area contributed by atoms with Crippen molar-refractivity contribution >= 4 is 28.9 Å². The third-order valence-electron chi connectivity index (χ3n) is 4.50. The zero-order valence-electron chi connectivity index (χ0n) is 15.2. The molecular formula is C21H20ClN3O3. The van der Waals surface area contributed by atoms with Crippen molar-refractivity contribution in [2.45, 2.75) is 6.42 Å². The fourth-order valence-corrected chi connectivity index (χ4v) is 3.32. The highest BCUT2D eigenvalue weighted by Gasteiger charge is 2.17. The molecule has 4 rings (SSSR count). The summed E-state index contributed by atoms with van der Waals surface area (Å²) in [6.07, 6.45) is 1.63. The molecule has 3 aromatic rings. The summed E-state index contributed by atoms with van der Waals surface area (Å²) in [6.45, 7) is 2.87.